The van der Waals surface area contributed by atoms with Gasteiger partial charge in [-0.3, -0.25) is 4.79 Å². The lowest BCUT2D eigenvalue weighted by molar-refractivity contribution is -0.390. The van der Waals surface area contributed by atoms with E-state index in [9.17, 15) is 24.5 Å². The van der Waals surface area contributed by atoms with Crippen molar-refractivity contribution in [3.63, 3.8) is 0 Å². The van der Waals surface area contributed by atoms with Crippen molar-refractivity contribution in [2.75, 3.05) is 19.6 Å². The maximum Gasteiger partial charge on any atom is 0.410 e. The second-order valence-electron chi connectivity index (χ2n) is 10.3. The quantitative estimate of drug-likeness (QED) is 0.305. The van der Waals surface area contributed by atoms with Crippen LogP contribution in [0.2, 0.25) is 0 Å². The van der Waals surface area contributed by atoms with Gasteiger partial charge in [0, 0.05) is 26.1 Å². The number of nitrogens with one attached hydrogen (secondary N) is 3. The SMILES string of the molecule is CC(C)(C)OC(=O)NCCN(Cc1cccc(C(=O)NCCc2nc[nH]c2[N+](=O)[O-])n1)C(=O)OC(C)(C)C. The maximum absolute atomic E-state index is 12.8. The summed E-state index contributed by atoms with van der Waals surface area (Å²) < 4.78 is 10.7. The van der Waals surface area contributed by atoms with Crippen molar-refractivity contribution in [3.05, 3.63) is 51.7 Å². The first-order valence-corrected chi connectivity index (χ1v) is 12.0. The zero-order valence-electron chi connectivity index (χ0n) is 22.5. The smallest absolute Gasteiger partial charge is 0.410 e. The van der Waals surface area contributed by atoms with Gasteiger partial charge in [-0.15, -0.1) is 0 Å². The van der Waals surface area contributed by atoms with E-state index >= 15 is 0 Å². The number of ether oxygens (including phenoxy) is 2. The molecule has 2 aromatic heterocycles. The van der Waals surface area contributed by atoms with Crippen molar-refractivity contribution >= 4 is 23.9 Å². The molecule has 2 aromatic rings. The van der Waals surface area contributed by atoms with Crippen LogP contribution < -0.4 is 10.6 Å². The molecule has 38 heavy (non-hydrogen) atoms. The summed E-state index contributed by atoms with van der Waals surface area (Å²) in [6, 6.07) is 4.79. The molecule has 3 amide bonds. The molecule has 0 aliphatic heterocycles. The molecule has 2 rings (SSSR count). The number of nitrogens with zero attached hydrogens (tertiary/aromatic N) is 4. The first kappa shape index (κ1) is 30.0. The normalized spacial score (nSPS) is 11.4. The van der Waals surface area contributed by atoms with Crippen molar-refractivity contribution in [1.82, 2.24) is 30.5 Å². The molecule has 0 fully saturated rings. The lowest BCUT2D eigenvalue weighted by Crippen LogP contribution is -2.42. The minimum Gasteiger partial charge on any atom is -0.444 e. The average molecular weight is 534 g/mol. The third-order valence-corrected chi connectivity index (χ3v) is 4.62. The second-order valence-corrected chi connectivity index (χ2v) is 10.3. The van der Waals surface area contributed by atoms with Crippen LogP contribution in [0.3, 0.4) is 0 Å². The number of carbonyl (C=O) groups excluding carboxylic acids is 3. The van der Waals surface area contributed by atoms with Crippen LogP contribution in [0.15, 0.2) is 24.5 Å². The fraction of sp³-hybridized carbons (Fsp3) is 0.542. The highest BCUT2D eigenvalue weighted by Gasteiger charge is 2.24. The Morgan fingerprint density at radius 1 is 1.05 bits per heavy atom. The third kappa shape index (κ3) is 10.4. The number of imidazole rings is 1. The van der Waals surface area contributed by atoms with E-state index < -0.39 is 34.2 Å². The van der Waals surface area contributed by atoms with Crippen LogP contribution in [0.5, 0.6) is 0 Å². The molecule has 0 atom stereocenters. The largest absolute Gasteiger partial charge is 0.444 e. The Morgan fingerprint density at radius 3 is 2.37 bits per heavy atom. The number of hydrogen-bond acceptors (Lipinski definition) is 9. The Labute approximate surface area is 220 Å². The van der Waals surface area contributed by atoms with Crippen molar-refractivity contribution in [2.24, 2.45) is 0 Å². The fourth-order valence-electron chi connectivity index (χ4n) is 3.10. The number of carbonyl (C=O) groups is 3. The third-order valence-electron chi connectivity index (χ3n) is 4.62. The molecule has 14 heteroatoms. The molecule has 0 aromatic carbocycles. The molecule has 0 radical (unpaired) electrons. The van der Waals surface area contributed by atoms with Crippen LogP contribution in [0.4, 0.5) is 15.4 Å². The summed E-state index contributed by atoms with van der Waals surface area (Å²) in [6.45, 7) is 10.8. The highest BCUT2D eigenvalue weighted by atomic mass is 16.6. The average Bonchev–Trinajstić information content (AvgIpc) is 3.25. The van der Waals surface area contributed by atoms with Gasteiger partial charge < -0.3 is 35.1 Å². The summed E-state index contributed by atoms with van der Waals surface area (Å²) in [6.07, 6.45) is 0.154. The van der Waals surface area contributed by atoms with Gasteiger partial charge in [0.25, 0.3) is 5.91 Å². The number of aromatic nitrogens is 3. The van der Waals surface area contributed by atoms with Crippen molar-refractivity contribution in [1.29, 1.82) is 0 Å². The van der Waals surface area contributed by atoms with Crippen molar-refractivity contribution < 1.29 is 28.8 Å². The molecule has 2 heterocycles. The number of alkyl carbamates (subject to hydrolysis) is 1. The molecule has 14 nitrogen and oxygen atoms in total. The summed E-state index contributed by atoms with van der Waals surface area (Å²) in [7, 11) is 0. The molecule has 0 saturated carbocycles. The number of H-pyrrole nitrogens is 1. The van der Waals surface area contributed by atoms with Crippen LogP contribution in [0, 0.1) is 10.1 Å². The van der Waals surface area contributed by atoms with Crippen LogP contribution in [0.25, 0.3) is 0 Å². The highest BCUT2D eigenvalue weighted by Crippen LogP contribution is 2.14. The number of rotatable bonds is 10. The zero-order chi connectivity index (χ0) is 28.5. The molecule has 3 N–H and O–H groups in total. The van der Waals surface area contributed by atoms with Gasteiger partial charge in [-0.05, 0) is 58.6 Å². The summed E-state index contributed by atoms with van der Waals surface area (Å²) >= 11 is 0. The second kappa shape index (κ2) is 12.8. The van der Waals surface area contributed by atoms with Gasteiger partial charge in [-0.2, -0.15) is 0 Å². The van der Waals surface area contributed by atoms with E-state index in [2.05, 4.69) is 25.6 Å². The van der Waals surface area contributed by atoms with E-state index in [-0.39, 0.29) is 49.8 Å². The first-order chi connectivity index (χ1) is 17.6. The number of pyridine rings is 1. The Hall–Kier alpha value is -4.23. The van der Waals surface area contributed by atoms with E-state index in [1.165, 1.54) is 17.3 Å². The molecule has 0 spiro atoms. The van der Waals surface area contributed by atoms with Gasteiger partial charge in [0.1, 0.15) is 22.6 Å². The fourth-order valence-corrected chi connectivity index (χ4v) is 3.10. The molecular formula is C24H35N7O7. The number of nitro groups is 1. The first-order valence-electron chi connectivity index (χ1n) is 12.0. The van der Waals surface area contributed by atoms with E-state index in [1.807, 2.05) is 0 Å². The van der Waals surface area contributed by atoms with E-state index in [0.717, 1.165) is 0 Å². The standard InChI is InChI=1S/C24H35N7O7/c1-23(2,3)37-21(33)26-12-13-30(22(34)38-24(4,5)6)14-16-8-7-9-18(29-16)20(32)25-11-10-17-19(31(35)36)28-15-27-17/h7-9,15H,10-14H2,1-6H3,(H,25,32)(H,26,33)(H,27,28). The maximum atomic E-state index is 12.8. The predicted molar refractivity (Wildman–Crippen MR) is 136 cm³/mol. The molecule has 0 aliphatic rings. The summed E-state index contributed by atoms with van der Waals surface area (Å²) in [5, 5.41) is 16.2. The van der Waals surface area contributed by atoms with Gasteiger partial charge in [-0.1, -0.05) is 6.07 Å². The summed E-state index contributed by atoms with van der Waals surface area (Å²) in [4.78, 5) is 59.8. The molecule has 0 unspecified atom stereocenters. The van der Waals surface area contributed by atoms with Crippen LogP contribution >= 0.6 is 0 Å². The molecule has 0 saturated heterocycles. The minimum atomic E-state index is -0.744. The Morgan fingerprint density at radius 2 is 1.74 bits per heavy atom. The molecule has 0 aliphatic carbocycles. The summed E-state index contributed by atoms with van der Waals surface area (Å²) in [5.74, 6) is -0.705. The number of hydrogen-bond donors (Lipinski definition) is 3. The monoisotopic (exact) mass is 533 g/mol. The van der Waals surface area contributed by atoms with Crippen molar-refractivity contribution in [3.8, 4) is 0 Å². The van der Waals surface area contributed by atoms with E-state index in [0.29, 0.717) is 5.69 Å². The van der Waals surface area contributed by atoms with Crippen LogP contribution in [-0.4, -0.2) is 73.7 Å². The molecular weight excluding hydrogens is 498 g/mol. The number of aromatic amines is 1. The lowest BCUT2D eigenvalue weighted by Gasteiger charge is -2.27. The minimum absolute atomic E-state index is 0.0193. The summed E-state index contributed by atoms with van der Waals surface area (Å²) in [5.41, 5.74) is -0.650. The number of amides is 3. The van der Waals surface area contributed by atoms with Gasteiger partial charge >= 0.3 is 18.0 Å². The predicted octanol–water partition coefficient (Wildman–Crippen LogP) is 2.95. The van der Waals surface area contributed by atoms with E-state index in [4.69, 9.17) is 9.47 Å². The van der Waals surface area contributed by atoms with Gasteiger partial charge in [0.2, 0.25) is 0 Å². The Kier molecular flexibility index (Phi) is 10.1. The zero-order valence-corrected chi connectivity index (χ0v) is 22.5. The van der Waals surface area contributed by atoms with Crippen LogP contribution in [-0.2, 0) is 22.4 Å². The van der Waals surface area contributed by atoms with Crippen molar-refractivity contribution in [2.45, 2.75) is 65.7 Å². The Bertz CT molecular complexity index is 1140. The highest BCUT2D eigenvalue weighted by molar-refractivity contribution is 5.92. The molecule has 0 bridgehead atoms. The van der Waals surface area contributed by atoms with E-state index in [1.54, 1.807) is 53.7 Å². The van der Waals surface area contributed by atoms with Gasteiger partial charge in [0.15, 0.2) is 6.33 Å². The Balaban J connectivity index is 2.03. The van der Waals surface area contributed by atoms with Crippen LogP contribution in [0.1, 0.15) is 63.4 Å². The van der Waals surface area contributed by atoms with Gasteiger partial charge in [0.05, 0.1) is 12.2 Å². The van der Waals surface area contributed by atoms with Gasteiger partial charge in [-0.25, -0.2) is 24.5 Å². The lowest BCUT2D eigenvalue weighted by atomic mass is 10.2. The molecule has 208 valence electrons. The topological polar surface area (TPSA) is 182 Å².